The molecular weight excluding hydrogens is 278 g/mol. The summed E-state index contributed by atoms with van der Waals surface area (Å²) >= 11 is 0. The zero-order valence-electron chi connectivity index (χ0n) is 11.6. The van der Waals surface area contributed by atoms with Crippen LogP contribution in [-0.4, -0.2) is 31.2 Å². The van der Waals surface area contributed by atoms with Crippen molar-refractivity contribution in [2.75, 3.05) is 12.3 Å². The lowest BCUT2D eigenvalue weighted by Crippen LogP contribution is -2.44. The van der Waals surface area contributed by atoms with Crippen LogP contribution in [0.4, 0.5) is 5.69 Å². The Hall–Kier alpha value is -1.60. The third kappa shape index (κ3) is 2.27. The van der Waals surface area contributed by atoms with Crippen LogP contribution < -0.4 is 11.5 Å². The van der Waals surface area contributed by atoms with Crippen molar-refractivity contribution in [1.82, 2.24) is 4.31 Å². The molecule has 110 valence electrons. The van der Waals surface area contributed by atoms with Crippen LogP contribution in [0.5, 0.6) is 0 Å². The number of carbonyl (C=O) groups excluding carboxylic acids is 1. The molecule has 1 aromatic rings. The lowest BCUT2D eigenvalue weighted by Gasteiger charge is -2.24. The third-order valence-electron chi connectivity index (χ3n) is 3.81. The van der Waals surface area contributed by atoms with Crippen LogP contribution in [0.25, 0.3) is 0 Å². The van der Waals surface area contributed by atoms with Crippen LogP contribution in [-0.2, 0) is 14.8 Å². The van der Waals surface area contributed by atoms with Crippen molar-refractivity contribution in [1.29, 1.82) is 0 Å². The fraction of sp³-hybridized carbons (Fsp3) is 0.462. The minimum Gasteiger partial charge on any atom is -0.398 e. The van der Waals surface area contributed by atoms with Gasteiger partial charge in [-0.2, -0.15) is 4.31 Å². The van der Waals surface area contributed by atoms with Gasteiger partial charge in [0.05, 0.1) is 5.69 Å². The van der Waals surface area contributed by atoms with Gasteiger partial charge in [-0.15, -0.1) is 0 Å². The van der Waals surface area contributed by atoms with E-state index in [4.69, 9.17) is 11.5 Å². The van der Waals surface area contributed by atoms with Gasteiger partial charge in [0.2, 0.25) is 15.9 Å². The van der Waals surface area contributed by atoms with Crippen LogP contribution in [0.15, 0.2) is 17.0 Å². The standard InChI is InChI=1S/C13H19N3O3S/c1-8-5-6-10(14)12(9(8)2)20(18,19)16-7-3-4-11(16)13(15)17/h5-6,11H,3-4,7,14H2,1-2H3,(H2,15,17). The molecule has 1 fully saturated rings. The third-order valence-corrected chi connectivity index (χ3v) is 5.92. The van der Waals surface area contributed by atoms with Crippen molar-refractivity contribution in [3.8, 4) is 0 Å². The molecule has 0 spiro atoms. The number of benzene rings is 1. The van der Waals surface area contributed by atoms with Gasteiger partial charge in [-0.3, -0.25) is 4.79 Å². The summed E-state index contributed by atoms with van der Waals surface area (Å²) in [5, 5.41) is 0. The lowest BCUT2D eigenvalue weighted by molar-refractivity contribution is -0.121. The van der Waals surface area contributed by atoms with E-state index >= 15 is 0 Å². The largest absolute Gasteiger partial charge is 0.398 e. The first-order valence-electron chi connectivity index (χ1n) is 6.43. The Bertz CT molecular complexity index is 655. The summed E-state index contributed by atoms with van der Waals surface area (Å²) in [6, 6.07) is 2.57. The molecule has 7 heteroatoms. The number of hydrogen-bond donors (Lipinski definition) is 2. The van der Waals surface area contributed by atoms with E-state index in [0.29, 0.717) is 24.9 Å². The Balaban J connectivity index is 2.57. The molecule has 1 saturated heterocycles. The number of amides is 1. The highest BCUT2D eigenvalue weighted by Gasteiger charge is 2.39. The Morgan fingerprint density at radius 3 is 2.60 bits per heavy atom. The molecule has 1 unspecified atom stereocenters. The molecule has 2 rings (SSSR count). The monoisotopic (exact) mass is 297 g/mol. The molecule has 1 aliphatic rings. The van der Waals surface area contributed by atoms with Gasteiger partial charge >= 0.3 is 0 Å². The van der Waals surface area contributed by atoms with E-state index in [1.807, 2.05) is 6.92 Å². The fourth-order valence-corrected chi connectivity index (χ4v) is 4.64. The molecule has 0 bridgehead atoms. The molecule has 1 aliphatic heterocycles. The zero-order chi connectivity index (χ0) is 15.1. The molecule has 0 saturated carbocycles. The van der Waals surface area contributed by atoms with E-state index in [1.165, 1.54) is 4.31 Å². The summed E-state index contributed by atoms with van der Waals surface area (Å²) in [4.78, 5) is 11.5. The Labute approximate surface area is 118 Å². The number of rotatable bonds is 3. The van der Waals surface area contributed by atoms with E-state index in [2.05, 4.69) is 0 Å². The minimum absolute atomic E-state index is 0.0886. The highest BCUT2D eigenvalue weighted by Crippen LogP contribution is 2.32. The van der Waals surface area contributed by atoms with Crippen LogP contribution in [0.2, 0.25) is 0 Å². The van der Waals surface area contributed by atoms with Gasteiger partial charge in [0.15, 0.2) is 0 Å². The quantitative estimate of drug-likeness (QED) is 0.793. The van der Waals surface area contributed by atoms with Gasteiger partial charge in [-0.1, -0.05) is 6.07 Å². The highest BCUT2D eigenvalue weighted by atomic mass is 32.2. The van der Waals surface area contributed by atoms with E-state index < -0.39 is 22.0 Å². The predicted molar refractivity (Wildman–Crippen MR) is 76.4 cm³/mol. The predicted octanol–water partition coefficient (Wildman–Crippen LogP) is 0.524. The second kappa shape index (κ2) is 5.06. The SMILES string of the molecule is Cc1ccc(N)c(S(=O)(=O)N2CCCC2C(N)=O)c1C. The number of hydrogen-bond acceptors (Lipinski definition) is 4. The van der Waals surface area contributed by atoms with E-state index in [1.54, 1.807) is 19.1 Å². The molecule has 20 heavy (non-hydrogen) atoms. The molecule has 1 amide bonds. The number of aryl methyl sites for hydroxylation is 1. The number of sulfonamides is 1. The second-order valence-electron chi connectivity index (χ2n) is 5.10. The first-order chi connectivity index (χ1) is 9.26. The first kappa shape index (κ1) is 14.8. The number of anilines is 1. The Morgan fingerprint density at radius 1 is 1.35 bits per heavy atom. The average Bonchev–Trinajstić information content (AvgIpc) is 2.84. The molecule has 0 aliphatic carbocycles. The van der Waals surface area contributed by atoms with Crippen LogP contribution >= 0.6 is 0 Å². The summed E-state index contributed by atoms with van der Waals surface area (Å²) in [6.45, 7) is 3.83. The van der Waals surface area contributed by atoms with Gasteiger partial charge in [0.25, 0.3) is 0 Å². The number of carbonyl (C=O) groups is 1. The first-order valence-corrected chi connectivity index (χ1v) is 7.87. The second-order valence-corrected chi connectivity index (χ2v) is 6.93. The van der Waals surface area contributed by atoms with Crippen molar-refractivity contribution in [3.63, 3.8) is 0 Å². The smallest absolute Gasteiger partial charge is 0.246 e. The number of nitrogens with zero attached hydrogens (tertiary/aromatic N) is 1. The molecule has 4 N–H and O–H groups in total. The molecule has 1 aromatic carbocycles. The Kier molecular flexibility index (Phi) is 3.75. The minimum atomic E-state index is -3.81. The summed E-state index contributed by atoms with van der Waals surface area (Å²) < 4.78 is 26.7. The maximum absolute atomic E-state index is 12.8. The maximum atomic E-state index is 12.8. The lowest BCUT2D eigenvalue weighted by atomic mass is 10.1. The van der Waals surface area contributed by atoms with Gasteiger partial charge in [0.1, 0.15) is 10.9 Å². The van der Waals surface area contributed by atoms with Gasteiger partial charge in [-0.25, -0.2) is 8.42 Å². The van der Waals surface area contributed by atoms with Crippen molar-refractivity contribution in [3.05, 3.63) is 23.3 Å². The molecule has 0 radical (unpaired) electrons. The van der Waals surface area contributed by atoms with Crippen molar-refractivity contribution < 1.29 is 13.2 Å². The fourth-order valence-electron chi connectivity index (χ4n) is 2.58. The summed E-state index contributed by atoms with van der Waals surface area (Å²) in [5.41, 5.74) is 12.8. The molecular formula is C13H19N3O3S. The van der Waals surface area contributed by atoms with Crippen LogP contribution in [0.3, 0.4) is 0 Å². The summed E-state index contributed by atoms with van der Waals surface area (Å²) in [6.07, 6.45) is 1.08. The number of nitrogen functional groups attached to an aromatic ring is 1. The number of primary amides is 1. The van der Waals surface area contributed by atoms with Crippen molar-refractivity contribution in [2.45, 2.75) is 37.6 Å². The van der Waals surface area contributed by atoms with Crippen molar-refractivity contribution in [2.24, 2.45) is 5.73 Å². The zero-order valence-corrected chi connectivity index (χ0v) is 12.4. The molecule has 1 atom stereocenters. The number of nitrogens with two attached hydrogens (primary N) is 2. The van der Waals surface area contributed by atoms with E-state index in [-0.39, 0.29) is 10.6 Å². The van der Waals surface area contributed by atoms with Crippen LogP contribution in [0.1, 0.15) is 24.0 Å². The maximum Gasteiger partial charge on any atom is 0.246 e. The molecule has 1 heterocycles. The van der Waals surface area contributed by atoms with Gasteiger partial charge in [-0.05, 0) is 43.9 Å². The molecule has 6 nitrogen and oxygen atoms in total. The topological polar surface area (TPSA) is 106 Å². The molecule has 0 aromatic heterocycles. The van der Waals surface area contributed by atoms with Gasteiger partial charge < -0.3 is 11.5 Å². The normalized spacial score (nSPS) is 20.2. The van der Waals surface area contributed by atoms with Crippen LogP contribution in [0, 0.1) is 13.8 Å². The van der Waals surface area contributed by atoms with Crippen molar-refractivity contribution >= 4 is 21.6 Å². The summed E-state index contributed by atoms with van der Waals surface area (Å²) in [5.74, 6) is -0.616. The van der Waals surface area contributed by atoms with E-state index in [9.17, 15) is 13.2 Å². The van der Waals surface area contributed by atoms with Gasteiger partial charge in [0, 0.05) is 6.54 Å². The highest BCUT2D eigenvalue weighted by molar-refractivity contribution is 7.89. The Morgan fingerprint density at radius 2 is 2.00 bits per heavy atom. The summed E-state index contributed by atoms with van der Waals surface area (Å²) in [7, 11) is -3.81. The average molecular weight is 297 g/mol. The van der Waals surface area contributed by atoms with E-state index in [0.717, 1.165) is 5.56 Å².